The van der Waals surface area contributed by atoms with Crippen molar-refractivity contribution in [2.45, 2.75) is 26.2 Å². The molecule has 2 aliphatic heterocycles. The van der Waals surface area contributed by atoms with Gasteiger partial charge in [0.1, 0.15) is 0 Å². The van der Waals surface area contributed by atoms with Crippen molar-refractivity contribution in [1.82, 2.24) is 9.13 Å². The van der Waals surface area contributed by atoms with E-state index >= 15 is 0 Å². The van der Waals surface area contributed by atoms with Crippen LogP contribution in [0.5, 0.6) is 0 Å². The molecule has 0 bridgehead atoms. The maximum Gasteiger partial charge on any atom is 0.252 e. The van der Waals surface area contributed by atoms with Gasteiger partial charge in [-0.15, -0.1) is 0 Å². The Balaban J connectivity index is 0.816. The van der Waals surface area contributed by atoms with E-state index in [-0.39, 0.29) is 6.71 Å². The highest BCUT2D eigenvalue weighted by Crippen LogP contribution is 2.58. The van der Waals surface area contributed by atoms with Crippen molar-refractivity contribution in [2.24, 2.45) is 0 Å². The Kier molecular flexibility index (Phi) is 17.7. The highest BCUT2D eigenvalue weighted by atomic mass is 15.2. The molecule has 0 amide bonds. The third-order valence-corrected chi connectivity index (χ3v) is 29.1. The number of anilines is 6. The maximum atomic E-state index is 2.76. The van der Waals surface area contributed by atoms with Gasteiger partial charge < -0.3 is 18.9 Å². The summed E-state index contributed by atoms with van der Waals surface area (Å²) >= 11 is 0. The van der Waals surface area contributed by atoms with Crippen LogP contribution in [0.2, 0.25) is 0 Å². The molecule has 2 aliphatic rings. The fourth-order valence-electron chi connectivity index (χ4n) is 23.0. The lowest BCUT2D eigenvalue weighted by Gasteiger charge is -2.46. The van der Waals surface area contributed by atoms with E-state index in [9.17, 15) is 0 Å². The summed E-state index contributed by atoms with van der Waals surface area (Å²) in [4.78, 5) is 5.52. The van der Waals surface area contributed by atoms with Crippen LogP contribution in [0.3, 0.4) is 0 Å². The van der Waals surface area contributed by atoms with E-state index in [1.807, 2.05) is 0 Å². The van der Waals surface area contributed by atoms with E-state index in [4.69, 9.17) is 0 Å². The summed E-state index contributed by atoms with van der Waals surface area (Å²) in [5.41, 5.74) is 35.8. The Bertz CT molecular complexity index is 8560. The van der Waals surface area contributed by atoms with Gasteiger partial charge in [0, 0.05) is 88.7 Å². The molecule has 630 valence electrons. The standard InChI is InChI=1S/C130H87BN4/c1-130(2,3)94-78-121-125-122(79-94)135(127-111(88-44-18-8-19-45-88)76-93(83-38-12-5-13-39-83)77-112(127)89-46-20-9-21-47-89)120-81-96(133-118-71-65-91(100-63-35-51-85-49-23-25-53-98(85)100)73-114(118)124-106-59-31-27-55-102(106)104-57-29-33-61-108(104)129(124)133)67-69-116(120)131(125)115-68-66-95(80-119(115)134(121)126-109(86-40-14-6-15-41-86)74-92(82-36-10-4-11-37-82)75-110(126)87-42-16-7-17-43-87)132-117-70-64-90(99-62-34-50-84-48-22-24-52-97(84)99)72-113(117)123-105-58-30-26-54-101(105)103-56-28-32-60-107(103)128(123)132/h4-81H,1-3H3. The van der Waals surface area contributed by atoms with Crippen molar-refractivity contribution in [3.05, 3.63) is 479 Å². The third kappa shape index (κ3) is 12.2. The second-order valence-corrected chi connectivity index (χ2v) is 37.6. The predicted octanol–water partition coefficient (Wildman–Crippen LogP) is 33.5. The SMILES string of the molecule is CC(C)(C)c1cc2c3c(c1)N(c1c(-c4ccccc4)cc(-c4ccccc4)cc1-c1ccccc1)c1cc(-n4c5ccc(-c6cccc7ccccc67)cc5c5c6ccccc6c6ccccc6c54)ccc1B3c1ccc(-n3c4ccc(-c5cccc6ccccc56)cc4c4c5ccccc5c5ccccc5c43)cc1N2c1c(-c2ccccc2)cc(-c2ccccc2)cc1-c1ccccc1. The average Bonchev–Trinajstić information content (AvgIpc) is 1.15. The summed E-state index contributed by atoms with van der Waals surface area (Å²) in [7, 11) is 0. The lowest BCUT2D eigenvalue weighted by molar-refractivity contribution is 0.590. The first-order valence-corrected chi connectivity index (χ1v) is 47.1. The topological polar surface area (TPSA) is 16.3 Å². The smallest absolute Gasteiger partial charge is 0.252 e. The Morgan fingerprint density at radius 3 is 0.859 bits per heavy atom. The quantitative estimate of drug-likeness (QED) is 0.0895. The number of aromatic nitrogens is 2. The van der Waals surface area contributed by atoms with Gasteiger partial charge in [0.05, 0.1) is 33.4 Å². The molecular weight excluding hydrogens is 1630 g/mol. The molecule has 2 aromatic heterocycles. The fourth-order valence-corrected chi connectivity index (χ4v) is 23.0. The first-order valence-electron chi connectivity index (χ1n) is 47.1. The summed E-state index contributed by atoms with van der Waals surface area (Å²) in [5.74, 6) is 0. The van der Waals surface area contributed by atoms with Gasteiger partial charge in [0.2, 0.25) is 0 Å². The summed E-state index contributed by atoms with van der Waals surface area (Å²) in [6, 6.07) is 180. The average molecular weight is 1720 g/mol. The van der Waals surface area contributed by atoms with Crippen molar-refractivity contribution in [3.63, 3.8) is 0 Å². The molecule has 5 heteroatoms. The second-order valence-electron chi connectivity index (χ2n) is 37.6. The summed E-state index contributed by atoms with van der Waals surface area (Å²) in [6.45, 7) is 6.88. The molecule has 0 N–H and O–H groups in total. The second kappa shape index (κ2) is 30.8. The Hall–Kier alpha value is -17.1. The van der Waals surface area contributed by atoms with Crippen LogP contribution in [-0.4, -0.2) is 15.8 Å². The molecule has 0 spiro atoms. The van der Waals surface area contributed by atoms with E-state index in [1.165, 1.54) is 141 Å². The molecule has 135 heavy (non-hydrogen) atoms. The van der Waals surface area contributed by atoms with Crippen LogP contribution in [0.1, 0.15) is 26.3 Å². The van der Waals surface area contributed by atoms with Gasteiger partial charge in [0.25, 0.3) is 6.71 Å². The minimum atomic E-state index is -0.429. The molecule has 0 fully saturated rings. The number of hydrogen-bond donors (Lipinski definition) is 0. The highest BCUT2D eigenvalue weighted by molar-refractivity contribution is 7.00. The Morgan fingerprint density at radius 1 is 0.200 bits per heavy atom. The number of nitrogens with zero attached hydrogens (tertiary/aromatic N) is 4. The van der Waals surface area contributed by atoms with Crippen molar-refractivity contribution < 1.29 is 0 Å². The molecule has 0 saturated heterocycles. The summed E-state index contributed by atoms with van der Waals surface area (Å²) < 4.78 is 5.27. The Labute approximate surface area is 784 Å². The highest BCUT2D eigenvalue weighted by Gasteiger charge is 2.47. The fraction of sp³-hybridized carbons (Fsp3) is 0.0308. The lowest BCUT2D eigenvalue weighted by atomic mass is 9.33. The molecule has 4 nitrogen and oxygen atoms in total. The van der Waals surface area contributed by atoms with E-state index < -0.39 is 5.41 Å². The first-order chi connectivity index (χ1) is 66.7. The van der Waals surface area contributed by atoms with E-state index in [0.717, 1.165) is 123 Å². The third-order valence-electron chi connectivity index (χ3n) is 29.1. The van der Waals surface area contributed by atoms with Crippen molar-refractivity contribution >= 4 is 165 Å². The largest absolute Gasteiger partial charge is 0.310 e. The summed E-state index contributed by atoms with van der Waals surface area (Å²) in [5, 5.41) is 19.4. The minimum absolute atomic E-state index is 0.366. The van der Waals surface area contributed by atoms with Crippen LogP contribution >= 0.6 is 0 Å². The molecule has 0 atom stereocenters. The van der Waals surface area contributed by atoms with Crippen LogP contribution in [0.15, 0.2) is 473 Å². The van der Waals surface area contributed by atoms with Crippen LogP contribution in [0.25, 0.3) is 209 Å². The monoisotopic (exact) mass is 1710 g/mol. The van der Waals surface area contributed by atoms with Gasteiger partial charge in [-0.3, -0.25) is 0 Å². The molecular formula is C130H87BN4. The van der Waals surface area contributed by atoms with Gasteiger partial charge in [-0.2, -0.15) is 0 Å². The molecule has 23 aromatic carbocycles. The zero-order valence-corrected chi connectivity index (χ0v) is 74.9. The molecule has 25 aromatic rings. The minimum Gasteiger partial charge on any atom is -0.310 e. The van der Waals surface area contributed by atoms with Gasteiger partial charge in [-0.25, -0.2) is 0 Å². The molecule has 0 aliphatic carbocycles. The van der Waals surface area contributed by atoms with E-state index in [2.05, 4.69) is 513 Å². The zero-order chi connectivity index (χ0) is 89.3. The molecule has 27 rings (SSSR count). The molecule has 0 radical (unpaired) electrons. The van der Waals surface area contributed by atoms with Gasteiger partial charge in [-0.05, 0) is 233 Å². The van der Waals surface area contributed by atoms with Crippen LogP contribution < -0.4 is 26.2 Å². The lowest BCUT2D eigenvalue weighted by Crippen LogP contribution is -2.61. The van der Waals surface area contributed by atoms with E-state index in [1.54, 1.807) is 0 Å². The summed E-state index contributed by atoms with van der Waals surface area (Å²) in [6.07, 6.45) is 0. The normalized spacial score (nSPS) is 12.5. The van der Waals surface area contributed by atoms with Gasteiger partial charge >= 0.3 is 0 Å². The maximum absolute atomic E-state index is 2.76. The van der Waals surface area contributed by atoms with E-state index in [0.29, 0.717) is 0 Å². The Morgan fingerprint density at radius 2 is 0.504 bits per heavy atom. The van der Waals surface area contributed by atoms with Crippen LogP contribution in [-0.2, 0) is 5.41 Å². The number of benzene rings is 23. The zero-order valence-electron chi connectivity index (χ0n) is 74.9. The van der Waals surface area contributed by atoms with Crippen molar-refractivity contribution in [2.75, 3.05) is 9.80 Å². The molecule has 0 saturated carbocycles. The predicted molar refractivity (Wildman–Crippen MR) is 576 cm³/mol. The number of hydrogen-bond acceptors (Lipinski definition) is 2. The van der Waals surface area contributed by atoms with Crippen LogP contribution in [0, 0.1) is 0 Å². The number of fused-ring (bicyclic) bond motifs is 22. The van der Waals surface area contributed by atoms with Crippen molar-refractivity contribution in [1.29, 1.82) is 0 Å². The molecule has 4 heterocycles. The van der Waals surface area contributed by atoms with Crippen molar-refractivity contribution in [3.8, 4) is 100 Å². The van der Waals surface area contributed by atoms with Gasteiger partial charge in [-0.1, -0.05) is 409 Å². The molecule has 0 unspecified atom stereocenters. The van der Waals surface area contributed by atoms with Crippen LogP contribution in [0.4, 0.5) is 34.1 Å². The van der Waals surface area contributed by atoms with Gasteiger partial charge in [0.15, 0.2) is 0 Å². The number of rotatable bonds is 12. The first kappa shape index (κ1) is 77.8.